The van der Waals surface area contributed by atoms with E-state index in [0.29, 0.717) is 0 Å². The molecule has 0 aliphatic carbocycles. The van der Waals surface area contributed by atoms with E-state index in [-0.39, 0.29) is 6.17 Å². The van der Waals surface area contributed by atoms with Gasteiger partial charge in [-0.3, -0.25) is 4.99 Å². The summed E-state index contributed by atoms with van der Waals surface area (Å²) < 4.78 is 2.25. The van der Waals surface area contributed by atoms with Crippen molar-refractivity contribution in [1.29, 1.82) is 10.8 Å². The fourth-order valence-corrected chi connectivity index (χ4v) is 6.44. The molecule has 5 aromatic carbocycles. The molecule has 6 heteroatoms. The van der Waals surface area contributed by atoms with Crippen LogP contribution in [0.25, 0.3) is 38.8 Å². The first-order valence-corrected chi connectivity index (χ1v) is 15.7. The van der Waals surface area contributed by atoms with Gasteiger partial charge in [0.15, 0.2) is 0 Å². The maximum atomic E-state index is 7.79. The van der Waals surface area contributed by atoms with E-state index in [1.54, 1.807) is 0 Å². The number of rotatable bonds is 7. The molecule has 6 aromatic rings. The third kappa shape index (κ3) is 5.26. The second-order valence-corrected chi connectivity index (χ2v) is 11.7. The van der Waals surface area contributed by atoms with Crippen LogP contribution in [0.2, 0.25) is 0 Å². The maximum Gasteiger partial charge on any atom is 0.145 e. The standard InChI is InChI=1S/C41H32N6/c42-24-27-8-18-39-35(21-27)36-22-28(25-43)9-19-40(36)47(39)34-16-14-31(15-17-34)38-23-37(45-41(46-38)32-5-2-1-3-6-32)30-12-10-29(11-13-30)33-7-4-20-44-26-33/h1-19,21-26,41-45H,20H2. The minimum atomic E-state index is -0.220. The lowest BCUT2D eigenvalue weighted by Crippen LogP contribution is -2.24. The summed E-state index contributed by atoms with van der Waals surface area (Å²) in [6.07, 6.45) is 11.0. The van der Waals surface area contributed by atoms with Gasteiger partial charge in [-0.25, -0.2) is 0 Å². The van der Waals surface area contributed by atoms with Crippen molar-refractivity contribution in [3.05, 3.63) is 173 Å². The zero-order valence-electron chi connectivity index (χ0n) is 25.6. The summed E-state index contributed by atoms with van der Waals surface area (Å²) in [5.41, 5.74) is 12.4. The largest absolute Gasteiger partial charge is 0.387 e. The number of aromatic nitrogens is 1. The molecule has 47 heavy (non-hydrogen) atoms. The summed E-state index contributed by atoms with van der Waals surface area (Å²) in [5, 5.41) is 24.7. The normalized spacial score (nSPS) is 15.7. The lowest BCUT2D eigenvalue weighted by Gasteiger charge is -2.25. The molecule has 8 rings (SSSR count). The van der Waals surface area contributed by atoms with Gasteiger partial charge in [-0.15, -0.1) is 0 Å². The topological polar surface area (TPSA) is 89.1 Å². The molecular weight excluding hydrogens is 576 g/mol. The molecule has 6 nitrogen and oxygen atoms in total. The third-order valence-corrected chi connectivity index (χ3v) is 8.84. The molecule has 0 radical (unpaired) electrons. The monoisotopic (exact) mass is 608 g/mol. The van der Waals surface area contributed by atoms with Crippen LogP contribution in [0.15, 0.2) is 145 Å². The third-order valence-electron chi connectivity index (χ3n) is 8.84. The summed E-state index contributed by atoms with van der Waals surface area (Å²) in [7, 11) is 0. The number of aliphatic imine (C=N–C) groups is 1. The molecule has 0 spiro atoms. The summed E-state index contributed by atoms with van der Waals surface area (Å²) in [5.74, 6) is 0. The van der Waals surface area contributed by atoms with Crippen LogP contribution in [0, 0.1) is 10.8 Å². The van der Waals surface area contributed by atoms with Crippen LogP contribution in [0.4, 0.5) is 0 Å². The molecule has 1 unspecified atom stereocenters. The van der Waals surface area contributed by atoms with E-state index in [2.05, 4.69) is 137 Å². The van der Waals surface area contributed by atoms with Crippen molar-refractivity contribution in [3.63, 3.8) is 0 Å². The van der Waals surface area contributed by atoms with Crippen molar-refractivity contribution in [2.75, 3.05) is 6.54 Å². The zero-order valence-corrected chi connectivity index (χ0v) is 25.6. The van der Waals surface area contributed by atoms with Crippen molar-refractivity contribution < 1.29 is 0 Å². The predicted octanol–water partition coefficient (Wildman–Crippen LogP) is 8.41. The van der Waals surface area contributed by atoms with Gasteiger partial charge in [-0.1, -0.05) is 91.0 Å². The van der Waals surface area contributed by atoms with Gasteiger partial charge in [0, 0.05) is 47.3 Å². The van der Waals surface area contributed by atoms with Gasteiger partial charge < -0.3 is 26.0 Å². The van der Waals surface area contributed by atoms with E-state index in [1.807, 2.05) is 18.2 Å². The van der Waals surface area contributed by atoms with Crippen LogP contribution in [0.5, 0.6) is 0 Å². The Hall–Kier alpha value is -6.27. The quantitative estimate of drug-likeness (QED) is 0.137. The lowest BCUT2D eigenvalue weighted by molar-refractivity contribution is 0.664. The fourth-order valence-electron chi connectivity index (χ4n) is 6.44. The van der Waals surface area contributed by atoms with Crippen molar-refractivity contribution in [1.82, 2.24) is 15.2 Å². The van der Waals surface area contributed by atoms with Crippen LogP contribution in [0.3, 0.4) is 0 Å². The molecule has 0 bridgehead atoms. The first kappa shape index (κ1) is 28.2. The number of dihydropyridines is 1. The van der Waals surface area contributed by atoms with Crippen LogP contribution < -0.4 is 10.6 Å². The van der Waals surface area contributed by atoms with Gasteiger partial charge in [0.05, 0.1) is 16.7 Å². The molecule has 0 saturated carbocycles. The summed E-state index contributed by atoms with van der Waals surface area (Å²) in [4.78, 5) is 5.17. The van der Waals surface area contributed by atoms with E-state index in [9.17, 15) is 0 Å². The first-order valence-electron chi connectivity index (χ1n) is 15.7. The molecule has 3 heterocycles. The summed E-state index contributed by atoms with van der Waals surface area (Å²) in [6.45, 7) is 0.861. The summed E-state index contributed by atoms with van der Waals surface area (Å²) >= 11 is 0. The fraction of sp³-hybridized carbons (Fsp3) is 0.0488. The Bertz CT molecular complexity index is 2220. The lowest BCUT2D eigenvalue weighted by atomic mass is 9.99. The molecule has 0 fully saturated rings. The highest BCUT2D eigenvalue weighted by molar-refractivity contribution is 6.14. The van der Waals surface area contributed by atoms with E-state index >= 15 is 0 Å². The highest BCUT2D eigenvalue weighted by Gasteiger charge is 2.20. The minimum absolute atomic E-state index is 0.220. The molecule has 2 aliphatic heterocycles. The van der Waals surface area contributed by atoms with Gasteiger partial charge >= 0.3 is 0 Å². The Labute approximate surface area is 273 Å². The molecule has 4 N–H and O–H groups in total. The van der Waals surface area contributed by atoms with Crippen molar-refractivity contribution in [2.24, 2.45) is 4.99 Å². The Morgan fingerprint density at radius 3 is 1.96 bits per heavy atom. The number of nitrogens with zero attached hydrogens (tertiary/aromatic N) is 2. The molecule has 1 atom stereocenters. The molecule has 226 valence electrons. The Balaban J connectivity index is 1.19. The number of allylic oxidation sites excluding steroid dienone is 3. The molecule has 0 amide bonds. The van der Waals surface area contributed by atoms with Crippen molar-refractivity contribution >= 4 is 51.2 Å². The molecular formula is C41H32N6. The number of benzene rings is 5. The van der Waals surface area contributed by atoms with Crippen LogP contribution >= 0.6 is 0 Å². The van der Waals surface area contributed by atoms with E-state index < -0.39 is 0 Å². The molecule has 1 aromatic heterocycles. The highest BCUT2D eigenvalue weighted by atomic mass is 15.1. The summed E-state index contributed by atoms with van der Waals surface area (Å²) in [6, 6.07) is 39.8. The SMILES string of the molecule is N=Cc1ccc2c(c1)c1cc(C=N)ccc1n2-c1ccc(C2=NC(c3ccccc3)NC(c3ccc(C4=CNCC=C4)cc3)=C2)cc1. The maximum absolute atomic E-state index is 7.79. The number of nitrogens with one attached hydrogen (secondary N) is 4. The van der Waals surface area contributed by atoms with E-state index in [0.717, 1.165) is 73.3 Å². The molecule has 0 saturated heterocycles. The Morgan fingerprint density at radius 1 is 0.702 bits per heavy atom. The van der Waals surface area contributed by atoms with Crippen LogP contribution in [-0.4, -0.2) is 29.3 Å². The molecule has 2 aliphatic rings. The smallest absolute Gasteiger partial charge is 0.145 e. The predicted molar refractivity (Wildman–Crippen MR) is 195 cm³/mol. The van der Waals surface area contributed by atoms with E-state index in [4.69, 9.17) is 15.8 Å². The van der Waals surface area contributed by atoms with Crippen LogP contribution in [-0.2, 0) is 0 Å². The zero-order chi connectivity index (χ0) is 31.7. The van der Waals surface area contributed by atoms with Gasteiger partial charge in [0.1, 0.15) is 6.17 Å². The van der Waals surface area contributed by atoms with Crippen molar-refractivity contribution in [2.45, 2.75) is 6.17 Å². The average Bonchev–Trinajstić information content (AvgIpc) is 3.48. The minimum Gasteiger partial charge on any atom is -0.387 e. The number of fused-ring (bicyclic) bond motifs is 3. The first-order chi connectivity index (χ1) is 23.2. The van der Waals surface area contributed by atoms with Crippen molar-refractivity contribution in [3.8, 4) is 5.69 Å². The second kappa shape index (κ2) is 11.9. The number of hydrogen-bond acceptors (Lipinski definition) is 5. The number of hydrogen-bond donors (Lipinski definition) is 4. The van der Waals surface area contributed by atoms with Gasteiger partial charge in [-0.2, -0.15) is 0 Å². The van der Waals surface area contributed by atoms with Crippen LogP contribution in [0.1, 0.15) is 39.5 Å². The van der Waals surface area contributed by atoms with Gasteiger partial charge in [0.2, 0.25) is 0 Å². The van der Waals surface area contributed by atoms with Gasteiger partial charge in [-0.05, 0) is 81.4 Å². The van der Waals surface area contributed by atoms with E-state index in [1.165, 1.54) is 23.6 Å². The average molecular weight is 609 g/mol. The second-order valence-electron chi connectivity index (χ2n) is 11.7. The highest BCUT2D eigenvalue weighted by Crippen LogP contribution is 2.34. The van der Waals surface area contributed by atoms with Gasteiger partial charge in [0.25, 0.3) is 0 Å². The Morgan fingerprint density at radius 2 is 1.34 bits per heavy atom. The Kier molecular flexibility index (Phi) is 7.15.